The zero-order chi connectivity index (χ0) is 25.4. The molecule has 3 rings (SSSR count). The van der Waals surface area contributed by atoms with Crippen molar-refractivity contribution in [1.29, 1.82) is 0 Å². The lowest BCUT2D eigenvalue weighted by atomic mass is 9.95. The molecule has 35 heavy (non-hydrogen) atoms. The minimum Gasteiger partial charge on any atom is -0.507 e. The van der Waals surface area contributed by atoms with Crippen molar-refractivity contribution < 1.29 is 24.2 Å². The van der Waals surface area contributed by atoms with Crippen molar-refractivity contribution in [1.82, 2.24) is 9.80 Å². The lowest BCUT2D eigenvalue weighted by Gasteiger charge is -2.28. The summed E-state index contributed by atoms with van der Waals surface area (Å²) >= 11 is 0. The third-order valence-electron chi connectivity index (χ3n) is 6.18. The molecule has 1 heterocycles. The maximum Gasteiger partial charge on any atom is 0.295 e. The summed E-state index contributed by atoms with van der Waals surface area (Å²) in [4.78, 5) is 30.2. The van der Waals surface area contributed by atoms with Crippen LogP contribution in [0.25, 0.3) is 5.76 Å². The van der Waals surface area contributed by atoms with Gasteiger partial charge in [-0.05, 0) is 44.1 Å². The van der Waals surface area contributed by atoms with E-state index >= 15 is 0 Å². The molecule has 0 aliphatic carbocycles. The zero-order valence-electron chi connectivity index (χ0n) is 21.1. The first-order chi connectivity index (χ1) is 17.0. The number of ketones is 1. The number of aliphatic hydroxyl groups excluding tert-OH is 1. The van der Waals surface area contributed by atoms with Gasteiger partial charge in [0, 0.05) is 18.7 Å². The van der Waals surface area contributed by atoms with Gasteiger partial charge in [0.05, 0.1) is 24.8 Å². The molecule has 0 radical (unpaired) electrons. The Morgan fingerprint density at radius 1 is 0.971 bits per heavy atom. The molecular formula is C28H36N2O5. The maximum atomic E-state index is 13.2. The van der Waals surface area contributed by atoms with Gasteiger partial charge in [-0.1, -0.05) is 57.2 Å². The topological polar surface area (TPSA) is 79.3 Å². The van der Waals surface area contributed by atoms with Crippen molar-refractivity contribution >= 4 is 17.4 Å². The van der Waals surface area contributed by atoms with Crippen LogP contribution in [0.1, 0.15) is 51.3 Å². The number of benzene rings is 2. The first kappa shape index (κ1) is 26.3. The number of hydrogen-bond acceptors (Lipinski definition) is 6. The van der Waals surface area contributed by atoms with Crippen molar-refractivity contribution in [2.24, 2.45) is 0 Å². The molecule has 1 amide bonds. The fourth-order valence-electron chi connectivity index (χ4n) is 4.29. The van der Waals surface area contributed by atoms with Gasteiger partial charge in [-0.15, -0.1) is 0 Å². The molecule has 0 spiro atoms. The molecule has 1 aliphatic heterocycles. The summed E-state index contributed by atoms with van der Waals surface area (Å²) in [6.07, 6.45) is 0.857. The predicted octanol–water partition coefficient (Wildman–Crippen LogP) is 4.64. The number of rotatable bonds is 12. The third-order valence-corrected chi connectivity index (χ3v) is 6.18. The third kappa shape index (κ3) is 5.85. The van der Waals surface area contributed by atoms with Crippen molar-refractivity contribution in [2.75, 3.05) is 39.4 Å². The molecule has 0 aromatic heterocycles. The van der Waals surface area contributed by atoms with E-state index in [0.717, 1.165) is 19.5 Å². The van der Waals surface area contributed by atoms with Gasteiger partial charge in [-0.3, -0.25) is 9.59 Å². The number of nitrogens with zero attached hydrogens (tertiary/aromatic N) is 2. The van der Waals surface area contributed by atoms with Crippen LogP contribution in [0.15, 0.2) is 54.1 Å². The molecule has 1 unspecified atom stereocenters. The van der Waals surface area contributed by atoms with Crippen molar-refractivity contribution in [3.63, 3.8) is 0 Å². The number of likely N-dealkylation sites (N-methyl/N-ethyl adjacent to an activating group) is 1. The van der Waals surface area contributed by atoms with Crippen LogP contribution in [0.4, 0.5) is 0 Å². The second-order valence-electron chi connectivity index (χ2n) is 8.37. The van der Waals surface area contributed by atoms with Gasteiger partial charge in [0.2, 0.25) is 0 Å². The number of carbonyl (C=O) groups excluding carboxylic acids is 2. The highest BCUT2D eigenvalue weighted by Crippen LogP contribution is 2.42. The van der Waals surface area contributed by atoms with E-state index in [2.05, 4.69) is 18.7 Å². The summed E-state index contributed by atoms with van der Waals surface area (Å²) < 4.78 is 11.7. The Morgan fingerprint density at radius 2 is 1.69 bits per heavy atom. The minimum atomic E-state index is -0.731. The van der Waals surface area contributed by atoms with Crippen LogP contribution in [-0.4, -0.2) is 66.0 Å². The summed E-state index contributed by atoms with van der Waals surface area (Å²) in [5.41, 5.74) is 1.27. The van der Waals surface area contributed by atoms with Crippen LogP contribution in [0.2, 0.25) is 0 Å². The average molecular weight is 481 g/mol. The van der Waals surface area contributed by atoms with E-state index in [1.54, 1.807) is 29.2 Å². The summed E-state index contributed by atoms with van der Waals surface area (Å²) in [5.74, 6) is -0.305. The van der Waals surface area contributed by atoms with Crippen LogP contribution >= 0.6 is 0 Å². The smallest absolute Gasteiger partial charge is 0.295 e. The average Bonchev–Trinajstić information content (AvgIpc) is 3.13. The second kappa shape index (κ2) is 12.4. The molecule has 1 N–H and O–H groups in total. The van der Waals surface area contributed by atoms with Crippen LogP contribution in [0.5, 0.6) is 11.5 Å². The van der Waals surface area contributed by atoms with Gasteiger partial charge >= 0.3 is 0 Å². The number of carbonyl (C=O) groups is 2. The first-order valence-corrected chi connectivity index (χ1v) is 12.4. The van der Waals surface area contributed by atoms with Crippen molar-refractivity contribution in [3.8, 4) is 11.5 Å². The number of amides is 1. The molecule has 2 aromatic rings. The van der Waals surface area contributed by atoms with Gasteiger partial charge in [0.1, 0.15) is 5.76 Å². The monoisotopic (exact) mass is 480 g/mol. The molecule has 1 atom stereocenters. The molecule has 0 bridgehead atoms. The molecular weight excluding hydrogens is 444 g/mol. The zero-order valence-corrected chi connectivity index (χ0v) is 21.1. The summed E-state index contributed by atoms with van der Waals surface area (Å²) in [5, 5.41) is 11.2. The van der Waals surface area contributed by atoms with E-state index in [-0.39, 0.29) is 11.3 Å². The summed E-state index contributed by atoms with van der Waals surface area (Å²) in [7, 11) is 0. The highest BCUT2D eigenvalue weighted by atomic mass is 16.5. The Hall–Kier alpha value is -3.32. The molecule has 1 fully saturated rings. The predicted molar refractivity (Wildman–Crippen MR) is 137 cm³/mol. The van der Waals surface area contributed by atoms with Crippen LogP contribution in [0.3, 0.4) is 0 Å². The maximum absolute atomic E-state index is 13.2. The Bertz CT molecular complexity index is 1050. The van der Waals surface area contributed by atoms with E-state index in [1.807, 2.05) is 38.1 Å². The molecule has 7 nitrogen and oxygen atoms in total. The van der Waals surface area contributed by atoms with Crippen LogP contribution < -0.4 is 9.47 Å². The molecule has 1 aliphatic rings. The second-order valence-corrected chi connectivity index (χ2v) is 8.37. The first-order valence-electron chi connectivity index (χ1n) is 12.4. The molecule has 2 aromatic carbocycles. The number of aliphatic hydroxyl groups is 1. The molecule has 188 valence electrons. The lowest BCUT2D eigenvalue weighted by Crippen LogP contribution is -2.38. The van der Waals surface area contributed by atoms with E-state index in [9.17, 15) is 14.7 Å². The Morgan fingerprint density at radius 3 is 2.31 bits per heavy atom. The number of Topliss-reactive ketones (excluding diaryl/α,β-unsaturated/α-hetero) is 1. The van der Waals surface area contributed by atoms with E-state index in [1.165, 1.54) is 0 Å². The van der Waals surface area contributed by atoms with Crippen molar-refractivity contribution in [2.45, 2.75) is 40.2 Å². The van der Waals surface area contributed by atoms with E-state index in [0.29, 0.717) is 48.9 Å². The highest BCUT2D eigenvalue weighted by Gasteiger charge is 2.46. The molecule has 0 saturated carbocycles. The fraction of sp³-hybridized carbons (Fsp3) is 0.429. The van der Waals surface area contributed by atoms with Crippen LogP contribution in [0, 0.1) is 0 Å². The number of hydrogen-bond donors (Lipinski definition) is 1. The molecule has 1 saturated heterocycles. The van der Waals surface area contributed by atoms with Crippen molar-refractivity contribution in [3.05, 3.63) is 65.2 Å². The van der Waals surface area contributed by atoms with E-state index < -0.39 is 17.7 Å². The van der Waals surface area contributed by atoms with Gasteiger partial charge in [0.25, 0.3) is 11.7 Å². The van der Waals surface area contributed by atoms with Gasteiger partial charge in [0.15, 0.2) is 11.5 Å². The largest absolute Gasteiger partial charge is 0.507 e. The Kier molecular flexibility index (Phi) is 9.32. The van der Waals surface area contributed by atoms with Gasteiger partial charge < -0.3 is 24.4 Å². The van der Waals surface area contributed by atoms with Gasteiger partial charge in [-0.25, -0.2) is 0 Å². The lowest BCUT2D eigenvalue weighted by molar-refractivity contribution is -0.140. The van der Waals surface area contributed by atoms with E-state index in [4.69, 9.17) is 9.47 Å². The number of ether oxygens (including phenoxy) is 2. The summed E-state index contributed by atoms with van der Waals surface area (Å²) in [6, 6.07) is 13.6. The minimum absolute atomic E-state index is 0.0884. The van der Waals surface area contributed by atoms with Crippen LogP contribution in [-0.2, 0) is 9.59 Å². The summed E-state index contributed by atoms with van der Waals surface area (Å²) in [6.45, 7) is 11.7. The Balaban J connectivity index is 2.12. The highest BCUT2D eigenvalue weighted by molar-refractivity contribution is 6.46. The fourth-order valence-corrected chi connectivity index (χ4v) is 4.29. The molecule has 7 heteroatoms. The quantitative estimate of drug-likeness (QED) is 0.271. The Labute approximate surface area is 207 Å². The SMILES string of the molecule is CCCOc1ccc(C2/C(=C(\O)c3ccccc3)C(=O)C(=O)N2CCN(CC)CC)cc1OCC. The standard InChI is InChI=1S/C28H36N2O5/c1-5-18-35-22-15-14-21(19-23(22)34-8-4)25-24(26(31)20-12-10-9-11-13-20)27(32)28(33)30(25)17-16-29(6-2)7-3/h9-15,19,25,31H,5-8,16-18H2,1-4H3/b26-24+. The normalized spacial score (nSPS) is 17.3. The van der Waals surface area contributed by atoms with Gasteiger partial charge in [-0.2, -0.15) is 0 Å². The number of likely N-dealkylation sites (tertiary alicyclic amines) is 1.